The summed E-state index contributed by atoms with van der Waals surface area (Å²) in [4.78, 5) is 29.7. The average molecular weight is 290 g/mol. The standard InChI is InChI=1S/C14H12ClN3O2/c1-2-17-6-5-16-12(17)8-18-11-7-9(15)3-4-10(11)13(19)14(18)20/h3-7H,2,8H2,1H3. The Kier molecular flexibility index (Phi) is 3.06. The number of carbonyl (C=O) groups excluding carboxylic acids is 2. The molecule has 0 unspecified atom stereocenters. The van der Waals surface area contributed by atoms with Gasteiger partial charge in [0.2, 0.25) is 0 Å². The van der Waals surface area contributed by atoms with Crippen LogP contribution in [-0.2, 0) is 17.9 Å². The number of rotatable bonds is 3. The minimum Gasteiger partial charge on any atom is -0.334 e. The van der Waals surface area contributed by atoms with Gasteiger partial charge < -0.3 is 4.57 Å². The molecule has 0 spiro atoms. The Labute approximate surface area is 120 Å². The van der Waals surface area contributed by atoms with Crippen molar-refractivity contribution in [1.82, 2.24) is 9.55 Å². The number of halogens is 1. The molecular formula is C14H12ClN3O2. The van der Waals surface area contributed by atoms with Gasteiger partial charge in [0.15, 0.2) is 0 Å². The summed E-state index contributed by atoms with van der Waals surface area (Å²) >= 11 is 5.95. The first-order valence-corrected chi connectivity index (χ1v) is 6.65. The molecule has 1 amide bonds. The average Bonchev–Trinajstić information content (AvgIpc) is 2.98. The van der Waals surface area contributed by atoms with Crippen LogP contribution in [0.5, 0.6) is 0 Å². The molecule has 1 aromatic heterocycles. The van der Waals surface area contributed by atoms with Gasteiger partial charge >= 0.3 is 0 Å². The molecule has 0 radical (unpaired) electrons. The zero-order valence-electron chi connectivity index (χ0n) is 10.8. The highest BCUT2D eigenvalue weighted by molar-refractivity contribution is 6.52. The van der Waals surface area contributed by atoms with E-state index in [-0.39, 0.29) is 6.54 Å². The molecule has 0 N–H and O–H groups in total. The lowest BCUT2D eigenvalue weighted by atomic mass is 10.1. The number of nitrogens with zero attached hydrogens (tertiary/aromatic N) is 3. The summed E-state index contributed by atoms with van der Waals surface area (Å²) in [6.45, 7) is 3.01. The van der Waals surface area contributed by atoms with Gasteiger partial charge in [-0.2, -0.15) is 0 Å². The lowest BCUT2D eigenvalue weighted by molar-refractivity contribution is -0.114. The number of amides is 1. The third-order valence-electron chi connectivity index (χ3n) is 3.38. The first-order chi connectivity index (χ1) is 9.61. The predicted molar refractivity (Wildman–Crippen MR) is 74.9 cm³/mol. The number of imidazole rings is 1. The van der Waals surface area contributed by atoms with Crippen molar-refractivity contribution in [2.24, 2.45) is 0 Å². The van der Waals surface area contributed by atoms with E-state index in [2.05, 4.69) is 4.98 Å². The molecule has 0 aliphatic carbocycles. The van der Waals surface area contributed by atoms with Crippen LogP contribution < -0.4 is 4.90 Å². The summed E-state index contributed by atoms with van der Waals surface area (Å²) in [5, 5.41) is 0.495. The summed E-state index contributed by atoms with van der Waals surface area (Å²) in [5.41, 5.74) is 0.951. The van der Waals surface area contributed by atoms with Crippen LogP contribution in [0, 0.1) is 0 Å². The summed E-state index contributed by atoms with van der Waals surface area (Å²) in [5.74, 6) is -0.291. The molecular weight excluding hydrogens is 278 g/mol. The zero-order chi connectivity index (χ0) is 14.3. The topological polar surface area (TPSA) is 55.2 Å². The SMILES string of the molecule is CCn1ccnc1CN1C(=O)C(=O)c2ccc(Cl)cc21. The van der Waals surface area contributed by atoms with Gasteiger partial charge in [0.05, 0.1) is 17.8 Å². The molecule has 0 saturated heterocycles. The number of aromatic nitrogens is 2. The van der Waals surface area contributed by atoms with Crippen molar-refractivity contribution in [1.29, 1.82) is 0 Å². The fraction of sp³-hybridized carbons (Fsp3) is 0.214. The van der Waals surface area contributed by atoms with E-state index in [9.17, 15) is 9.59 Å². The highest BCUT2D eigenvalue weighted by Crippen LogP contribution is 2.32. The molecule has 1 aliphatic rings. The Balaban J connectivity index is 2.01. The van der Waals surface area contributed by atoms with E-state index in [0.29, 0.717) is 16.3 Å². The largest absolute Gasteiger partial charge is 0.334 e. The Morgan fingerprint density at radius 3 is 2.85 bits per heavy atom. The van der Waals surface area contributed by atoms with Crippen molar-refractivity contribution in [3.05, 3.63) is 47.0 Å². The van der Waals surface area contributed by atoms with Gasteiger partial charge in [0.1, 0.15) is 5.82 Å². The molecule has 2 heterocycles. The van der Waals surface area contributed by atoms with Crippen LogP contribution in [0.3, 0.4) is 0 Å². The summed E-state index contributed by atoms with van der Waals surface area (Å²) < 4.78 is 1.93. The van der Waals surface area contributed by atoms with E-state index in [1.165, 1.54) is 4.90 Å². The van der Waals surface area contributed by atoms with Gasteiger partial charge in [0, 0.05) is 24.0 Å². The smallest absolute Gasteiger partial charge is 0.299 e. The second-order valence-electron chi connectivity index (χ2n) is 4.51. The molecule has 0 fully saturated rings. The van der Waals surface area contributed by atoms with E-state index < -0.39 is 11.7 Å². The van der Waals surface area contributed by atoms with E-state index in [1.54, 1.807) is 24.4 Å². The molecule has 0 saturated carbocycles. The van der Waals surface area contributed by atoms with E-state index in [0.717, 1.165) is 12.4 Å². The van der Waals surface area contributed by atoms with E-state index in [4.69, 9.17) is 11.6 Å². The normalized spacial score (nSPS) is 14.0. The molecule has 3 rings (SSSR count). The predicted octanol–water partition coefficient (Wildman–Crippen LogP) is 2.29. The number of carbonyl (C=O) groups is 2. The Hall–Kier alpha value is -2.14. The van der Waals surface area contributed by atoms with Gasteiger partial charge in [-0.15, -0.1) is 0 Å². The summed E-state index contributed by atoms with van der Waals surface area (Å²) in [6.07, 6.45) is 3.52. The second kappa shape index (κ2) is 4.76. The minimum absolute atomic E-state index is 0.263. The maximum absolute atomic E-state index is 12.1. The number of Topliss-reactive ketones (excluding diaryl/α,β-unsaturated/α-hetero) is 1. The second-order valence-corrected chi connectivity index (χ2v) is 4.95. The van der Waals surface area contributed by atoms with Crippen molar-refractivity contribution in [2.75, 3.05) is 4.90 Å². The molecule has 102 valence electrons. The monoisotopic (exact) mass is 289 g/mol. The third kappa shape index (κ3) is 1.91. The van der Waals surface area contributed by atoms with Crippen LogP contribution in [0.25, 0.3) is 0 Å². The zero-order valence-corrected chi connectivity index (χ0v) is 11.6. The molecule has 6 heteroatoms. The Bertz CT molecular complexity index is 708. The van der Waals surface area contributed by atoms with Crippen LogP contribution in [-0.4, -0.2) is 21.2 Å². The maximum atomic E-state index is 12.1. The first kappa shape index (κ1) is 12.9. The van der Waals surface area contributed by atoms with Crippen molar-refractivity contribution in [2.45, 2.75) is 20.0 Å². The molecule has 1 aliphatic heterocycles. The van der Waals surface area contributed by atoms with Crippen LogP contribution in [0.4, 0.5) is 5.69 Å². The number of aryl methyl sites for hydroxylation is 1. The highest BCUT2D eigenvalue weighted by atomic mass is 35.5. The lowest BCUT2D eigenvalue weighted by Gasteiger charge is -2.16. The van der Waals surface area contributed by atoms with Gasteiger partial charge in [-0.05, 0) is 25.1 Å². The minimum atomic E-state index is -0.534. The van der Waals surface area contributed by atoms with E-state index >= 15 is 0 Å². The number of hydrogen-bond donors (Lipinski definition) is 0. The number of ketones is 1. The van der Waals surface area contributed by atoms with Gasteiger partial charge in [-0.25, -0.2) is 4.98 Å². The Morgan fingerprint density at radius 1 is 1.30 bits per heavy atom. The molecule has 0 bridgehead atoms. The number of anilines is 1. The molecule has 1 aromatic carbocycles. The van der Waals surface area contributed by atoms with Crippen LogP contribution in [0.15, 0.2) is 30.6 Å². The van der Waals surface area contributed by atoms with Gasteiger partial charge in [-0.1, -0.05) is 11.6 Å². The fourth-order valence-electron chi connectivity index (χ4n) is 2.35. The van der Waals surface area contributed by atoms with Crippen LogP contribution in [0.2, 0.25) is 5.02 Å². The van der Waals surface area contributed by atoms with Gasteiger partial charge in [0.25, 0.3) is 11.7 Å². The molecule has 5 nitrogen and oxygen atoms in total. The first-order valence-electron chi connectivity index (χ1n) is 6.27. The van der Waals surface area contributed by atoms with Crippen molar-refractivity contribution in [3.63, 3.8) is 0 Å². The van der Waals surface area contributed by atoms with Crippen molar-refractivity contribution < 1.29 is 9.59 Å². The number of benzene rings is 1. The summed E-state index contributed by atoms with van der Waals surface area (Å²) in [6, 6.07) is 4.84. The molecule has 0 atom stereocenters. The van der Waals surface area contributed by atoms with E-state index in [1.807, 2.05) is 17.7 Å². The lowest BCUT2D eigenvalue weighted by Crippen LogP contribution is -2.30. The number of fused-ring (bicyclic) bond motifs is 1. The maximum Gasteiger partial charge on any atom is 0.299 e. The molecule has 20 heavy (non-hydrogen) atoms. The fourth-order valence-corrected chi connectivity index (χ4v) is 2.51. The van der Waals surface area contributed by atoms with Gasteiger partial charge in [-0.3, -0.25) is 14.5 Å². The van der Waals surface area contributed by atoms with Crippen molar-refractivity contribution in [3.8, 4) is 0 Å². The van der Waals surface area contributed by atoms with Crippen LogP contribution in [0.1, 0.15) is 23.1 Å². The highest BCUT2D eigenvalue weighted by Gasteiger charge is 2.36. The van der Waals surface area contributed by atoms with Crippen LogP contribution >= 0.6 is 11.6 Å². The summed E-state index contributed by atoms with van der Waals surface area (Å²) in [7, 11) is 0. The third-order valence-corrected chi connectivity index (χ3v) is 3.61. The number of hydrogen-bond acceptors (Lipinski definition) is 3. The van der Waals surface area contributed by atoms with Crippen molar-refractivity contribution >= 4 is 29.0 Å². The Morgan fingerprint density at radius 2 is 2.10 bits per heavy atom. The molecule has 2 aromatic rings. The quantitative estimate of drug-likeness (QED) is 0.815.